The summed E-state index contributed by atoms with van der Waals surface area (Å²) >= 11 is 0. The lowest BCUT2D eigenvalue weighted by Crippen LogP contribution is -2.53. The lowest BCUT2D eigenvalue weighted by atomic mass is 9.44. The van der Waals surface area contributed by atoms with E-state index >= 15 is 0 Å². The molecule has 1 heterocycles. The van der Waals surface area contributed by atoms with Gasteiger partial charge < -0.3 is 5.11 Å². The van der Waals surface area contributed by atoms with Crippen molar-refractivity contribution < 1.29 is 18.3 Å². The molecule has 0 aromatic carbocycles. The maximum absolute atomic E-state index is 13.1. The number of aliphatic hydroxyl groups is 1. The van der Waals surface area contributed by atoms with Crippen LogP contribution in [0.3, 0.4) is 0 Å². The van der Waals surface area contributed by atoms with Crippen molar-refractivity contribution in [2.75, 3.05) is 0 Å². The van der Waals surface area contributed by atoms with Crippen LogP contribution in [0.25, 0.3) is 0 Å². The van der Waals surface area contributed by atoms with Crippen LogP contribution in [0.15, 0.2) is 6.07 Å². The molecule has 0 radical (unpaired) electrons. The second kappa shape index (κ2) is 6.48. The van der Waals surface area contributed by atoms with Gasteiger partial charge in [0.1, 0.15) is 0 Å². The number of hydrogen-bond donors (Lipinski definition) is 2. The van der Waals surface area contributed by atoms with Crippen molar-refractivity contribution in [1.82, 2.24) is 10.2 Å². The lowest BCUT2D eigenvalue weighted by Gasteiger charge is -2.61. The molecule has 4 aliphatic rings. The molecule has 5 rings (SSSR count). The Labute approximate surface area is 170 Å². The van der Waals surface area contributed by atoms with E-state index in [1.165, 1.54) is 25.3 Å². The average Bonchev–Trinajstić information content (AvgIpc) is 3.26. The smallest absolute Gasteiger partial charge is 0.393 e. The summed E-state index contributed by atoms with van der Waals surface area (Å²) in [6, 6.07) is 1.26. The molecule has 162 valence electrons. The van der Waals surface area contributed by atoms with Crippen LogP contribution < -0.4 is 0 Å². The molecule has 2 N–H and O–H groups in total. The number of alkyl halides is 3. The van der Waals surface area contributed by atoms with Gasteiger partial charge in [-0.3, -0.25) is 5.10 Å². The standard InChI is InChI=1S/C23H33F3N2O/c1-21-9-7-14(29)11-13(21)3-4-15-16-5-6-18(22(16,2)10-8-17(15)21)19-12-20(28-27-19)23(24,25)26/h12-18,29H,3-11H2,1-2H3,(H,27,28)/t13?,14?,15?,16?,17?,18?,21-,22-/m0/s1. The van der Waals surface area contributed by atoms with Crippen molar-refractivity contribution in [1.29, 1.82) is 0 Å². The molecule has 3 nitrogen and oxygen atoms in total. The number of nitrogens with zero attached hydrogens (tertiary/aromatic N) is 1. The van der Waals surface area contributed by atoms with Gasteiger partial charge in [0.05, 0.1) is 6.10 Å². The molecule has 29 heavy (non-hydrogen) atoms. The van der Waals surface area contributed by atoms with Crippen molar-refractivity contribution >= 4 is 0 Å². The predicted octanol–water partition coefficient (Wildman–Crippen LogP) is 5.92. The van der Waals surface area contributed by atoms with Gasteiger partial charge in [-0.05, 0) is 98.4 Å². The summed E-state index contributed by atoms with van der Waals surface area (Å²) in [7, 11) is 0. The number of nitrogens with one attached hydrogen (secondary N) is 1. The third kappa shape index (κ3) is 2.91. The molecule has 6 heteroatoms. The van der Waals surface area contributed by atoms with Gasteiger partial charge in [-0.25, -0.2) is 0 Å². The quantitative estimate of drug-likeness (QED) is 0.604. The van der Waals surface area contributed by atoms with Crippen LogP contribution in [-0.4, -0.2) is 21.4 Å². The van der Waals surface area contributed by atoms with E-state index in [0.717, 1.165) is 38.5 Å². The first-order chi connectivity index (χ1) is 13.6. The molecule has 8 atom stereocenters. The van der Waals surface area contributed by atoms with Gasteiger partial charge >= 0.3 is 6.18 Å². The van der Waals surface area contributed by atoms with Gasteiger partial charge in [0, 0.05) is 11.6 Å². The van der Waals surface area contributed by atoms with E-state index in [2.05, 4.69) is 24.0 Å². The number of rotatable bonds is 1. The Morgan fingerprint density at radius 1 is 1.00 bits per heavy atom. The maximum Gasteiger partial charge on any atom is 0.435 e. The molecule has 0 spiro atoms. The van der Waals surface area contributed by atoms with Crippen LogP contribution >= 0.6 is 0 Å². The molecule has 0 amide bonds. The average molecular weight is 411 g/mol. The van der Waals surface area contributed by atoms with E-state index in [1.807, 2.05) is 0 Å². The van der Waals surface area contributed by atoms with Crippen molar-refractivity contribution in [3.05, 3.63) is 17.5 Å². The van der Waals surface area contributed by atoms with E-state index in [1.54, 1.807) is 0 Å². The zero-order valence-electron chi connectivity index (χ0n) is 17.4. The number of hydrogen-bond acceptors (Lipinski definition) is 2. The number of aromatic nitrogens is 2. The highest BCUT2D eigenvalue weighted by molar-refractivity contribution is 5.22. The topological polar surface area (TPSA) is 48.9 Å². The molecule has 6 unspecified atom stereocenters. The Hall–Kier alpha value is -1.04. The first-order valence-corrected chi connectivity index (χ1v) is 11.4. The Morgan fingerprint density at radius 3 is 2.45 bits per heavy atom. The van der Waals surface area contributed by atoms with Crippen molar-refractivity contribution in [3.63, 3.8) is 0 Å². The van der Waals surface area contributed by atoms with Crippen LogP contribution in [0.5, 0.6) is 0 Å². The normalized spacial score (nSPS) is 47.4. The minimum Gasteiger partial charge on any atom is -0.393 e. The second-order valence-corrected chi connectivity index (χ2v) is 11.0. The van der Waals surface area contributed by atoms with E-state index in [-0.39, 0.29) is 17.4 Å². The molecule has 4 aliphatic carbocycles. The summed E-state index contributed by atoms with van der Waals surface area (Å²) in [6.07, 6.45) is 5.27. The number of fused-ring (bicyclic) bond motifs is 5. The molecule has 0 saturated heterocycles. The predicted molar refractivity (Wildman–Crippen MR) is 104 cm³/mol. The fourth-order valence-corrected chi connectivity index (χ4v) is 8.41. The van der Waals surface area contributed by atoms with Gasteiger partial charge in [-0.15, -0.1) is 0 Å². The summed E-state index contributed by atoms with van der Waals surface area (Å²) in [5.41, 5.74) is 0.288. The molecular formula is C23H33F3N2O. The SMILES string of the molecule is C[C@]12CCC(O)CC1CCC1C2CC[C@]2(C)C(c3cc(C(F)(F)F)n[nH]3)CCC12. The van der Waals surface area contributed by atoms with Crippen LogP contribution in [0.1, 0.15) is 88.9 Å². The Kier molecular flexibility index (Phi) is 4.44. The van der Waals surface area contributed by atoms with E-state index in [9.17, 15) is 18.3 Å². The Morgan fingerprint density at radius 2 is 1.72 bits per heavy atom. The third-order valence-corrected chi connectivity index (χ3v) is 9.90. The van der Waals surface area contributed by atoms with Crippen LogP contribution in [-0.2, 0) is 6.18 Å². The number of halogens is 3. The third-order valence-electron chi connectivity index (χ3n) is 9.90. The first-order valence-electron chi connectivity index (χ1n) is 11.4. The van der Waals surface area contributed by atoms with E-state index in [0.29, 0.717) is 34.8 Å². The molecular weight excluding hydrogens is 377 g/mol. The summed E-state index contributed by atoms with van der Waals surface area (Å²) in [5, 5.41) is 16.5. The largest absolute Gasteiger partial charge is 0.435 e. The van der Waals surface area contributed by atoms with Gasteiger partial charge in [0.15, 0.2) is 5.69 Å². The molecule has 1 aromatic heterocycles. The number of H-pyrrole nitrogens is 1. The summed E-state index contributed by atoms with van der Waals surface area (Å²) in [4.78, 5) is 0. The number of aromatic amines is 1. The Bertz CT molecular complexity index is 776. The summed E-state index contributed by atoms with van der Waals surface area (Å²) in [5.74, 6) is 2.76. The summed E-state index contributed by atoms with van der Waals surface area (Å²) < 4.78 is 39.2. The highest BCUT2D eigenvalue weighted by Gasteiger charge is 2.60. The van der Waals surface area contributed by atoms with E-state index < -0.39 is 11.9 Å². The second-order valence-electron chi connectivity index (χ2n) is 11.0. The minimum absolute atomic E-state index is 0.0634. The van der Waals surface area contributed by atoms with Crippen LogP contribution in [0.4, 0.5) is 13.2 Å². The lowest BCUT2D eigenvalue weighted by molar-refractivity contribution is -0.141. The van der Waals surface area contributed by atoms with Gasteiger partial charge in [-0.1, -0.05) is 13.8 Å². The number of aliphatic hydroxyl groups excluding tert-OH is 1. The van der Waals surface area contributed by atoms with Crippen molar-refractivity contribution in [2.24, 2.45) is 34.5 Å². The Balaban J connectivity index is 1.40. The minimum atomic E-state index is -4.39. The highest BCUT2D eigenvalue weighted by atomic mass is 19.4. The van der Waals surface area contributed by atoms with Crippen LogP contribution in [0, 0.1) is 34.5 Å². The molecule has 4 fully saturated rings. The molecule has 0 aliphatic heterocycles. The van der Waals surface area contributed by atoms with Gasteiger partial charge in [0.2, 0.25) is 0 Å². The molecule has 1 aromatic rings. The van der Waals surface area contributed by atoms with Gasteiger partial charge in [-0.2, -0.15) is 18.3 Å². The monoisotopic (exact) mass is 410 g/mol. The highest BCUT2D eigenvalue weighted by Crippen LogP contribution is 2.68. The maximum atomic E-state index is 13.1. The van der Waals surface area contributed by atoms with Crippen molar-refractivity contribution in [2.45, 2.75) is 89.8 Å². The summed E-state index contributed by atoms with van der Waals surface area (Å²) in [6.45, 7) is 4.80. The zero-order chi connectivity index (χ0) is 20.6. The first kappa shape index (κ1) is 19.9. The van der Waals surface area contributed by atoms with Crippen LogP contribution in [0.2, 0.25) is 0 Å². The fraction of sp³-hybridized carbons (Fsp3) is 0.870. The van der Waals surface area contributed by atoms with E-state index in [4.69, 9.17) is 0 Å². The molecule has 4 saturated carbocycles. The molecule has 0 bridgehead atoms. The zero-order valence-corrected chi connectivity index (χ0v) is 17.4. The fourth-order valence-electron chi connectivity index (χ4n) is 8.41. The van der Waals surface area contributed by atoms with Crippen molar-refractivity contribution in [3.8, 4) is 0 Å². The van der Waals surface area contributed by atoms with Gasteiger partial charge in [0.25, 0.3) is 0 Å².